The van der Waals surface area contributed by atoms with Gasteiger partial charge >= 0.3 is 0 Å². The highest BCUT2D eigenvalue weighted by molar-refractivity contribution is 4.83. The monoisotopic (exact) mass is 218 g/mol. The number of hydrogen-bond acceptors (Lipinski definition) is 4. The van der Waals surface area contributed by atoms with E-state index in [9.17, 15) is 5.11 Å². The zero-order chi connectivity index (χ0) is 11.1. The van der Waals surface area contributed by atoms with E-state index in [0.29, 0.717) is 26.4 Å². The first-order chi connectivity index (χ1) is 7.22. The summed E-state index contributed by atoms with van der Waals surface area (Å²) in [4.78, 5) is 0. The molecule has 4 nitrogen and oxygen atoms in total. The van der Waals surface area contributed by atoms with E-state index in [1.807, 2.05) is 6.92 Å². The molecule has 1 saturated heterocycles. The Balaban J connectivity index is 2.04. The summed E-state index contributed by atoms with van der Waals surface area (Å²) in [5, 5.41) is 9.46. The molecule has 1 fully saturated rings. The molecule has 0 aromatic rings. The van der Waals surface area contributed by atoms with Crippen molar-refractivity contribution < 1.29 is 19.3 Å². The summed E-state index contributed by atoms with van der Waals surface area (Å²) >= 11 is 0. The van der Waals surface area contributed by atoms with Crippen LogP contribution in [0.3, 0.4) is 0 Å². The van der Waals surface area contributed by atoms with E-state index in [-0.39, 0.29) is 5.41 Å². The van der Waals surface area contributed by atoms with Gasteiger partial charge in [0.25, 0.3) is 0 Å². The maximum absolute atomic E-state index is 9.46. The van der Waals surface area contributed by atoms with Crippen LogP contribution in [0, 0.1) is 5.41 Å². The van der Waals surface area contributed by atoms with Crippen molar-refractivity contribution in [2.45, 2.75) is 26.4 Å². The largest absolute Gasteiger partial charge is 0.388 e. The van der Waals surface area contributed by atoms with Gasteiger partial charge in [0.1, 0.15) is 6.10 Å². The molecule has 1 atom stereocenters. The molecule has 90 valence electrons. The maximum Gasteiger partial charge on any atom is 0.101 e. The zero-order valence-corrected chi connectivity index (χ0v) is 9.70. The molecule has 0 spiro atoms. The van der Waals surface area contributed by atoms with Crippen molar-refractivity contribution in [3.05, 3.63) is 0 Å². The predicted octanol–water partition coefficient (Wildman–Crippen LogP) is 0.827. The van der Waals surface area contributed by atoms with Crippen LogP contribution in [0.1, 0.15) is 20.3 Å². The fourth-order valence-corrected chi connectivity index (χ4v) is 1.49. The summed E-state index contributed by atoms with van der Waals surface area (Å²) in [5.74, 6) is 0. The summed E-state index contributed by atoms with van der Waals surface area (Å²) in [7, 11) is 0. The van der Waals surface area contributed by atoms with Crippen molar-refractivity contribution >= 4 is 0 Å². The van der Waals surface area contributed by atoms with Gasteiger partial charge in [-0.1, -0.05) is 6.92 Å². The predicted molar refractivity (Wildman–Crippen MR) is 56.9 cm³/mol. The summed E-state index contributed by atoms with van der Waals surface area (Å²) in [6.45, 7) is 7.62. The molecule has 0 saturated carbocycles. The van der Waals surface area contributed by atoms with E-state index in [1.165, 1.54) is 0 Å². The first-order valence-corrected chi connectivity index (χ1v) is 5.64. The van der Waals surface area contributed by atoms with Crippen molar-refractivity contribution in [1.82, 2.24) is 0 Å². The van der Waals surface area contributed by atoms with Crippen LogP contribution in [0.2, 0.25) is 0 Å². The Bertz CT molecular complexity index is 162. The van der Waals surface area contributed by atoms with Gasteiger partial charge in [-0.3, -0.25) is 0 Å². The second-order valence-electron chi connectivity index (χ2n) is 4.17. The maximum atomic E-state index is 9.46. The third kappa shape index (κ3) is 4.07. The van der Waals surface area contributed by atoms with Crippen LogP contribution in [0.15, 0.2) is 0 Å². The highest BCUT2D eigenvalue weighted by Gasteiger charge is 2.37. The number of aliphatic hydroxyl groups excluding tert-OH is 1. The Hall–Kier alpha value is -0.160. The Morgan fingerprint density at radius 2 is 1.93 bits per heavy atom. The fourth-order valence-electron chi connectivity index (χ4n) is 1.49. The molecule has 1 unspecified atom stereocenters. The van der Waals surface area contributed by atoms with Crippen LogP contribution in [-0.4, -0.2) is 50.9 Å². The van der Waals surface area contributed by atoms with E-state index >= 15 is 0 Å². The van der Waals surface area contributed by atoms with Gasteiger partial charge in [-0.05, 0) is 13.3 Å². The van der Waals surface area contributed by atoms with Crippen molar-refractivity contribution in [3.8, 4) is 0 Å². The molecule has 0 radical (unpaired) electrons. The molecule has 1 heterocycles. The molecule has 1 N–H and O–H groups in total. The fraction of sp³-hybridized carbons (Fsp3) is 1.00. The highest BCUT2D eigenvalue weighted by Crippen LogP contribution is 2.31. The zero-order valence-electron chi connectivity index (χ0n) is 9.70. The average molecular weight is 218 g/mol. The van der Waals surface area contributed by atoms with Crippen molar-refractivity contribution in [1.29, 1.82) is 0 Å². The molecule has 1 aliphatic rings. The normalized spacial score (nSPS) is 21.0. The lowest BCUT2D eigenvalue weighted by Crippen LogP contribution is -2.46. The molecule has 0 amide bonds. The molecule has 1 rings (SSSR count). The molecular weight excluding hydrogens is 196 g/mol. The van der Waals surface area contributed by atoms with E-state index in [0.717, 1.165) is 19.6 Å². The minimum atomic E-state index is -0.514. The second kappa shape index (κ2) is 6.43. The SMILES string of the molecule is CCOCC(O)COCC1(CC)COC1. The van der Waals surface area contributed by atoms with E-state index in [4.69, 9.17) is 14.2 Å². The molecule has 15 heavy (non-hydrogen) atoms. The van der Waals surface area contributed by atoms with Crippen molar-refractivity contribution in [2.24, 2.45) is 5.41 Å². The summed E-state index contributed by atoms with van der Waals surface area (Å²) < 4.78 is 15.8. The summed E-state index contributed by atoms with van der Waals surface area (Å²) in [5.41, 5.74) is 0.200. The van der Waals surface area contributed by atoms with Gasteiger partial charge in [0, 0.05) is 12.0 Å². The topological polar surface area (TPSA) is 47.9 Å². The third-order valence-electron chi connectivity index (χ3n) is 2.80. The summed E-state index contributed by atoms with van der Waals surface area (Å²) in [6.07, 6.45) is 0.550. The van der Waals surface area contributed by atoms with Crippen molar-refractivity contribution in [3.63, 3.8) is 0 Å². The first-order valence-electron chi connectivity index (χ1n) is 5.64. The summed E-state index contributed by atoms with van der Waals surface area (Å²) in [6, 6.07) is 0. The van der Waals surface area contributed by atoms with Crippen LogP contribution in [-0.2, 0) is 14.2 Å². The lowest BCUT2D eigenvalue weighted by molar-refractivity contribution is -0.157. The van der Waals surface area contributed by atoms with Gasteiger partial charge in [-0.15, -0.1) is 0 Å². The highest BCUT2D eigenvalue weighted by atomic mass is 16.5. The number of aliphatic hydroxyl groups is 1. The van der Waals surface area contributed by atoms with Crippen LogP contribution in [0.25, 0.3) is 0 Å². The molecule has 1 aliphatic heterocycles. The average Bonchev–Trinajstić information content (AvgIpc) is 2.19. The van der Waals surface area contributed by atoms with Gasteiger partial charge in [-0.2, -0.15) is 0 Å². The van der Waals surface area contributed by atoms with Gasteiger partial charge in [0.15, 0.2) is 0 Å². The van der Waals surface area contributed by atoms with Crippen LogP contribution in [0.4, 0.5) is 0 Å². The standard InChI is InChI=1S/C11H22O4/c1-3-11(8-15-9-11)7-14-6-10(12)5-13-4-2/h10,12H,3-9H2,1-2H3. The van der Waals surface area contributed by atoms with Crippen LogP contribution >= 0.6 is 0 Å². The van der Waals surface area contributed by atoms with Crippen molar-refractivity contribution in [2.75, 3.05) is 39.6 Å². The second-order valence-corrected chi connectivity index (χ2v) is 4.17. The third-order valence-corrected chi connectivity index (χ3v) is 2.80. The minimum Gasteiger partial charge on any atom is -0.388 e. The number of ether oxygens (including phenoxy) is 3. The Morgan fingerprint density at radius 3 is 2.40 bits per heavy atom. The van der Waals surface area contributed by atoms with Gasteiger partial charge in [0.2, 0.25) is 0 Å². The molecule has 0 aliphatic carbocycles. The van der Waals surface area contributed by atoms with E-state index < -0.39 is 6.10 Å². The Labute approximate surface area is 91.5 Å². The molecule has 0 aromatic heterocycles. The van der Waals surface area contributed by atoms with E-state index in [2.05, 4.69) is 6.92 Å². The van der Waals surface area contributed by atoms with Crippen LogP contribution in [0.5, 0.6) is 0 Å². The smallest absolute Gasteiger partial charge is 0.101 e. The molecule has 0 aromatic carbocycles. The lowest BCUT2D eigenvalue weighted by atomic mass is 9.84. The Morgan fingerprint density at radius 1 is 1.27 bits per heavy atom. The molecular formula is C11H22O4. The lowest BCUT2D eigenvalue weighted by Gasteiger charge is -2.40. The first kappa shape index (κ1) is 12.9. The molecule has 4 heteroatoms. The molecule has 0 bridgehead atoms. The number of rotatable bonds is 8. The van der Waals surface area contributed by atoms with Gasteiger partial charge < -0.3 is 19.3 Å². The minimum absolute atomic E-state index is 0.200. The Kier molecular flexibility index (Phi) is 5.53. The van der Waals surface area contributed by atoms with E-state index in [1.54, 1.807) is 0 Å². The van der Waals surface area contributed by atoms with Gasteiger partial charge in [0.05, 0.1) is 33.0 Å². The van der Waals surface area contributed by atoms with Gasteiger partial charge in [-0.25, -0.2) is 0 Å². The quantitative estimate of drug-likeness (QED) is 0.655. The van der Waals surface area contributed by atoms with Crippen LogP contribution < -0.4 is 0 Å². The number of hydrogen-bond donors (Lipinski definition) is 1.